The van der Waals surface area contributed by atoms with Gasteiger partial charge in [-0.15, -0.1) is 11.3 Å². The lowest BCUT2D eigenvalue weighted by molar-refractivity contribution is 0.173. The van der Waals surface area contributed by atoms with Gasteiger partial charge in [0.1, 0.15) is 0 Å². The highest BCUT2D eigenvalue weighted by atomic mass is 32.1. The lowest BCUT2D eigenvalue weighted by atomic mass is 10.2. The van der Waals surface area contributed by atoms with Gasteiger partial charge in [-0.2, -0.15) is 0 Å². The number of thiophene rings is 1. The summed E-state index contributed by atoms with van der Waals surface area (Å²) < 4.78 is 0. The van der Waals surface area contributed by atoms with E-state index in [9.17, 15) is 5.11 Å². The van der Waals surface area contributed by atoms with Gasteiger partial charge in [-0.25, -0.2) is 0 Å². The maximum atomic E-state index is 9.50. The lowest BCUT2D eigenvalue weighted by Gasteiger charge is -2.08. The molecule has 68 valence electrons. The van der Waals surface area contributed by atoms with E-state index in [1.165, 1.54) is 4.88 Å². The zero-order valence-electron chi connectivity index (χ0n) is 7.29. The summed E-state index contributed by atoms with van der Waals surface area (Å²) in [5, 5.41) is 14.6. The summed E-state index contributed by atoms with van der Waals surface area (Å²) in [7, 11) is 0. The Morgan fingerprint density at radius 2 is 2.50 bits per heavy atom. The number of aliphatic hydroxyl groups excluding tert-OH is 1. The van der Waals surface area contributed by atoms with Crippen LogP contribution in [0.2, 0.25) is 0 Å². The van der Waals surface area contributed by atoms with Gasteiger partial charge >= 0.3 is 0 Å². The highest BCUT2D eigenvalue weighted by molar-refractivity contribution is 7.09. The Morgan fingerprint density at radius 3 is 3.08 bits per heavy atom. The minimum Gasteiger partial charge on any atom is -0.391 e. The van der Waals surface area contributed by atoms with Crippen LogP contribution in [-0.2, 0) is 6.42 Å². The van der Waals surface area contributed by atoms with Crippen molar-refractivity contribution in [3.63, 3.8) is 0 Å². The minimum atomic E-state index is -0.247. The van der Waals surface area contributed by atoms with Gasteiger partial charge in [0.15, 0.2) is 0 Å². The molecular weight excluding hydrogens is 170 g/mol. The molecule has 0 aliphatic carbocycles. The van der Waals surface area contributed by atoms with E-state index in [0.29, 0.717) is 6.54 Å². The molecule has 0 aromatic carbocycles. The van der Waals surface area contributed by atoms with Crippen molar-refractivity contribution in [2.75, 3.05) is 13.1 Å². The lowest BCUT2D eigenvalue weighted by Crippen LogP contribution is -2.27. The molecule has 3 heteroatoms. The summed E-state index contributed by atoms with van der Waals surface area (Å²) >= 11 is 1.70. The average Bonchev–Trinajstić information content (AvgIpc) is 2.53. The van der Waals surface area contributed by atoms with Crippen LogP contribution in [0.4, 0.5) is 0 Å². The molecule has 1 aromatic rings. The predicted molar refractivity (Wildman–Crippen MR) is 52.6 cm³/mol. The monoisotopic (exact) mass is 185 g/mol. The Balaban J connectivity index is 2.22. The van der Waals surface area contributed by atoms with Crippen molar-refractivity contribution in [1.82, 2.24) is 5.32 Å². The molecule has 0 saturated heterocycles. The topological polar surface area (TPSA) is 32.3 Å². The highest BCUT2D eigenvalue weighted by Gasteiger charge is 2.04. The van der Waals surface area contributed by atoms with Crippen LogP contribution in [0.15, 0.2) is 17.5 Å². The number of rotatable bonds is 5. The standard InChI is InChI=1S/C9H15NOS/c1-2-10-7-8(11)6-9-4-3-5-12-9/h3-5,8,10-11H,2,6-7H2,1H3. The fraction of sp³-hybridized carbons (Fsp3) is 0.556. The fourth-order valence-electron chi connectivity index (χ4n) is 1.04. The van der Waals surface area contributed by atoms with E-state index in [1.54, 1.807) is 11.3 Å². The Kier molecular flexibility index (Phi) is 4.29. The largest absolute Gasteiger partial charge is 0.391 e. The number of nitrogens with one attached hydrogen (secondary N) is 1. The van der Waals surface area contributed by atoms with Gasteiger partial charge in [0.2, 0.25) is 0 Å². The van der Waals surface area contributed by atoms with Crippen molar-refractivity contribution in [1.29, 1.82) is 0 Å². The quantitative estimate of drug-likeness (QED) is 0.724. The first-order valence-electron chi connectivity index (χ1n) is 4.24. The molecule has 1 heterocycles. The molecule has 0 aliphatic rings. The van der Waals surface area contributed by atoms with Crippen molar-refractivity contribution < 1.29 is 5.11 Å². The molecule has 1 aromatic heterocycles. The predicted octanol–water partition coefficient (Wildman–Crippen LogP) is 1.26. The van der Waals surface area contributed by atoms with E-state index in [2.05, 4.69) is 11.4 Å². The van der Waals surface area contributed by atoms with Gasteiger partial charge in [0.05, 0.1) is 6.10 Å². The van der Waals surface area contributed by atoms with Crippen molar-refractivity contribution in [3.8, 4) is 0 Å². The summed E-state index contributed by atoms with van der Waals surface area (Å²) in [6.07, 6.45) is 0.522. The first-order chi connectivity index (χ1) is 5.83. The maximum Gasteiger partial charge on any atom is 0.0712 e. The van der Waals surface area contributed by atoms with Crippen LogP contribution in [-0.4, -0.2) is 24.3 Å². The first-order valence-corrected chi connectivity index (χ1v) is 5.12. The molecule has 2 nitrogen and oxygen atoms in total. The van der Waals surface area contributed by atoms with E-state index < -0.39 is 0 Å². The first kappa shape index (κ1) is 9.71. The van der Waals surface area contributed by atoms with E-state index >= 15 is 0 Å². The summed E-state index contributed by atoms with van der Waals surface area (Å²) in [5.74, 6) is 0. The summed E-state index contributed by atoms with van der Waals surface area (Å²) in [6, 6.07) is 4.07. The number of hydrogen-bond donors (Lipinski definition) is 2. The normalized spacial score (nSPS) is 13.2. The second-order valence-corrected chi connectivity index (χ2v) is 3.78. The zero-order chi connectivity index (χ0) is 8.81. The molecule has 0 saturated carbocycles. The van der Waals surface area contributed by atoms with Gasteiger partial charge in [-0.1, -0.05) is 13.0 Å². The average molecular weight is 185 g/mol. The molecule has 0 amide bonds. The fourth-order valence-corrected chi connectivity index (χ4v) is 1.82. The van der Waals surface area contributed by atoms with Crippen LogP contribution >= 0.6 is 11.3 Å². The minimum absolute atomic E-state index is 0.247. The van der Waals surface area contributed by atoms with Crippen molar-refractivity contribution in [2.24, 2.45) is 0 Å². The molecular formula is C9H15NOS. The second kappa shape index (κ2) is 5.30. The van der Waals surface area contributed by atoms with Crippen molar-refractivity contribution >= 4 is 11.3 Å². The van der Waals surface area contributed by atoms with Gasteiger partial charge < -0.3 is 10.4 Å². The number of hydrogen-bond acceptors (Lipinski definition) is 3. The molecule has 0 fully saturated rings. The molecule has 0 bridgehead atoms. The number of likely N-dealkylation sites (N-methyl/N-ethyl adjacent to an activating group) is 1. The van der Waals surface area contributed by atoms with Crippen LogP contribution in [0, 0.1) is 0 Å². The summed E-state index contributed by atoms with van der Waals surface area (Å²) in [4.78, 5) is 1.25. The molecule has 0 radical (unpaired) electrons. The molecule has 0 aliphatic heterocycles. The highest BCUT2D eigenvalue weighted by Crippen LogP contribution is 2.10. The Morgan fingerprint density at radius 1 is 1.67 bits per heavy atom. The van der Waals surface area contributed by atoms with Gasteiger partial charge in [0.25, 0.3) is 0 Å². The zero-order valence-corrected chi connectivity index (χ0v) is 8.10. The smallest absolute Gasteiger partial charge is 0.0712 e. The van der Waals surface area contributed by atoms with E-state index in [4.69, 9.17) is 0 Å². The van der Waals surface area contributed by atoms with E-state index in [1.807, 2.05) is 18.4 Å². The second-order valence-electron chi connectivity index (χ2n) is 2.74. The molecule has 1 rings (SSSR count). The van der Waals surface area contributed by atoms with Gasteiger partial charge in [0, 0.05) is 17.8 Å². The van der Waals surface area contributed by atoms with Gasteiger partial charge in [-0.05, 0) is 18.0 Å². The molecule has 0 spiro atoms. The summed E-state index contributed by atoms with van der Waals surface area (Å²) in [5.41, 5.74) is 0. The van der Waals surface area contributed by atoms with Crippen LogP contribution in [0.5, 0.6) is 0 Å². The van der Waals surface area contributed by atoms with Crippen LogP contribution in [0.3, 0.4) is 0 Å². The third-order valence-corrected chi connectivity index (χ3v) is 2.55. The Bertz CT molecular complexity index is 198. The summed E-state index contributed by atoms with van der Waals surface area (Å²) in [6.45, 7) is 3.65. The van der Waals surface area contributed by atoms with Crippen LogP contribution in [0.1, 0.15) is 11.8 Å². The van der Waals surface area contributed by atoms with Crippen LogP contribution in [0.25, 0.3) is 0 Å². The van der Waals surface area contributed by atoms with E-state index in [0.717, 1.165) is 13.0 Å². The SMILES string of the molecule is CCNCC(O)Cc1cccs1. The maximum absolute atomic E-state index is 9.50. The van der Waals surface area contributed by atoms with Crippen LogP contribution < -0.4 is 5.32 Å². The molecule has 12 heavy (non-hydrogen) atoms. The third kappa shape index (κ3) is 3.34. The van der Waals surface area contributed by atoms with Crippen molar-refractivity contribution in [3.05, 3.63) is 22.4 Å². The Hall–Kier alpha value is -0.380. The Labute approximate surface area is 77.2 Å². The molecule has 1 unspecified atom stereocenters. The number of aliphatic hydroxyl groups is 1. The van der Waals surface area contributed by atoms with Gasteiger partial charge in [-0.3, -0.25) is 0 Å². The van der Waals surface area contributed by atoms with Crippen molar-refractivity contribution in [2.45, 2.75) is 19.4 Å². The molecule has 2 N–H and O–H groups in total. The third-order valence-electron chi connectivity index (χ3n) is 1.65. The van der Waals surface area contributed by atoms with E-state index in [-0.39, 0.29) is 6.10 Å². The molecule has 1 atom stereocenters.